The Morgan fingerprint density at radius 3 is 2.65 bits per heavy atom. The number of amides is 4. The summed E-state index contributed by atoms with van der Waals surface area (Å²) in [7, 11) is 0. The van der Waals surface area contributed by atoms with Gasteiger partial charge >= 0.3 is 6.03 Å². The third-order valence-corrected chi connectivity index (χ3v) is 6.97. The lowest BCUT2D eigenvalue weighted by molar-refractivity contribution is -0.134. The number of imide groups is 1. The summed E-state index contributed by atoms with van der Waals surface area (Å²) in [6, 6.07) is 6.78. The molecule has 0 bridgehead atoms. The highest BCUT2D eigenvalue weighted by Crippen LogP contribution is 2.38. The van der Waals surface area contributed by atoms with Crippen molar-refractivity contribution in [2.75, 3.05) is 13.1 Å². The Hall–Kier alpha value is -3.23. The molecular weight excluding hydrogens is 434 g/mol. The fraction of sp³-hybridized carbons (Fsp3) is 0.560. The van der Waals surface area contributed by atoms with Crippen LogP contribution in [0.1, 0.15) is 68.4 Å². The number of carbonyl (C=O) groups is 3. The molecule has 2 aliphatic heterocycles. The van der Waals surface area contributed by atoms with Crippen LogP contribution in [0.25, 0.3) is 0 Å². The van der Waals surface area contributed by atoms with Crippen LogP contribution in [0.2, 0.25) is 0 Å². The molecule has 9 heteroatoms. The maximum absolute atomic E-state index is 13.7. The molecule has 2 aromatic rings. The quantitative estimate of drug-likeness (QED) is 0.596. The minimum Gasteiger partial charge on any atom is -0.361 e. The van der Waals surface area contributed by atoms with Gasteiger partial charge in [0.1, 0.15) is 11.3 Å². The number of hydrogen-bond donors (Lipinski definition) is 1. The zero-order valence-corrected chi connectivity index (χ0v) is 20.1. The van der Waals surface area contributed by atoms with E-state index < -0.39 is 5.54 Å². The summed E-state index contributed by atoms with van der Waals surface area (Å²) in [4.78, 5) is 46.9. The van der Waals surface area contributed by atoms with Crippen molar-refractivity contribution in [1.29, 1.82) is 0 Å². The van der Waals surface area contributed by atoms with E-state index in [0.29, 0.717) is 61.8 Å². The molecule has 4 heterocycles. The third kappa shape index (κ3) is 4.69. The Morgan fingerprint density at radius 1 is 1.26 bits per heavy atom. The monoisotopic (exact) mass is 467 g/mol. The SMILES string of the molecule is CCc1cc(C(=O)N2CCC([C@@]3(CCC(C)C)NC(=O)N(Cc4ccccn4)C3=O)CC2)no1. The lowest BCUT2D eigenvalue weighted by Crippen LogP contribution is -2.56. The van der Waals surface area contributed by atoms with Gasteiger partial charge in [-0.25, -0.2) is 4.79 Å². The standard InChI is InChI=1S/C25H33N5O4/c1-4-20-15-21(28-34-20)22(31)29-13-9-18(10-14-29)25(11-8-17(2)3)23(32)30(24(33)27-25)16-19-7-5-6-12-26-19/h5-7,12,15,17-18H,4,8-11,13-14,16H2,1-3H3,(H,27,33)/t25-/m1/s1. The predicted octanol–water partition coefficient (Wildman–Crippen LogP) is 3.41. The summed E-state index contributed by atoms with van der Waals surface area (Å²) in [6.45, 7) is 7.34. The molecule has 2 saturated heterocycles. The lowest BCUT2D eigenvalue weighted by atomic mass is 9.73. The van der Waals surface area contributed by atoms with Gasteiger partial charge in [0, 0.05) is 31.8 Å². The number of nitrogens with zero attached hydrogens (tertiary/aromatic N) is 4. The van der Waals surface area contributed by atoms with Crippen molar-refractivity contribution in [3.63, 3.8) is 0 Å². The van der Waals surface area contributed by atoms with Crippen LogP contribution in [-0.2, 0) is 17.8 Å². The first-order valence-corrected chi connectivity index (χ1v) is 12.1. The Bertz CT molecular complexity index is 1030. The van der Waals surface area contributed by atoms with E-state index in [1.165, 1.54) is 4.90 Å². The highest BCUT2D eigenvalue weighted by atomic mass is 16.5. The van der Waals surface area contributed by atoms with Crippen molar-refractivity contribution in [2.24, 2.45) is 11.8 Å². The number of urea groups is 1. The second-order valence-electron chi connectivity index (χ2n) is 9.64. The number of piperidine rings is 1. The molecule has 34 heavy (non-hydrogen) atoms. The average molecular weight is 468 g/mol. The molecule has 1 N–H and O–H groups in total. The van der Waals surface area contributed by atoms with Gasteiger partial charge in [-0.2, -0.15) is 0 Å². The van der Waals surface area contributed by atoms with Gasteiger partial charge in [-0.3, -0.25) is 19.5 Å². The summed E-state index contributed by atoms with van der Waals surface area (Å²) in [6.07, 6.45) is 5.00. The molecule has 4 amide bonds. The first-order chi connectivity index (χ1) is 16.3. The minimum absolute atomic E-state index is 0.0519. The number of rotatable bonds is 8. The fourth-order valence-corrected chi connectivity index (χ4v) is 4.93. The Kier molecular flexibility index (Phi) is 7.00. The van der Waals surface area contributed by atoms with E-state index in [1.54, 1.807) is 23.2 Å². The van der Waals surface area contributed by atoms with Crippen LogP contribution in [0, 0.1) is 11.8 Å². The maximum Gasteiger partial charge on any atom is 0.325 e. The molecule has 0 aromatic carbocycles. The number of aryl methyl sites for hydroxylation is 1. The summed E-state index contributed by atoms with van der Waals surface area (Å²) in [5, 5.41) is 6.98. The molecule has 0 spiro atoms. The molecule has 0 aliphatic carbocycles. The zero-order valence-electron chi connectivity index (χ0n) is 20.1. The molecule has 9 nitrogen and oxygen atoms in total. The first kappa shape index (κ1) is 23.9. The molecule has 4 rings (SSSR count). The van der Waals surface area contributed by atoms with E-state index in [9.17, 15) is 14.4 Å². The van der Waals surface area contributed by atoms with E-state index >= 15 is 0 Å². The molecule has 0 saturated carbocycles. The molecule has 1 atom stereocenters. The van der Waals surface area contributed by atoms with Crippen LogP contribution in [0.5, 0.6) is 0 Å². The van der Waals surface area contributed by atoms with Gasteiger partial charge in [-0.15, -0.1) is 0 Å². The van der Waals surface area contributed by atoms with Crippen LogP contribution in [-0.4, -0.2) is 56.4 Å². The molecule has 0 radical (unpaired) electrons. The highest BCUT2D eigenvalue weighted by molar-refractivity contribution is 6.07. The molecular formula is C25H33N5O4. The molecule has 182 valence electrons. The van der Waals surface area contributed by atoms with Crippen molar-refractivity contribution >= 4 is 17.8 Å². The minimum atomic E-state index is -0.950. The predicted molar refractivity (Wildman–Crippen MR) is 125 cm³/mol. The summed E-state index contributed by atoms with van der Waals surface area (Å²) < 4.78 is 5.18. The lowest BCUT2D eigenvalue weighted by Gasteiger charge is -2.41. The molecule has 2 fully saturated rings. The van der Waals surface area contributed by atoms with E-state index in [2.05, 4.69) is 29.3 Å². The summed E-state index contributed by atoms with van der Waals surface area (Å²) >= 11 is 0. The normalized spacial score (nSPS) is 21.4. The van der Waals surface area contributed by atoms with Crippen molar-refractivity contribution in [3.8, 4) is 0 Å². The number of aromatic nitrogens is 2. The number of likely N-dealkylation sites (tertiary alicyclic amines) is 1. The van der Waals surface area contributed by atoms with Crippen molar-refractivity contribution in [3.05, 3.63) is 47.6 Å². The highest BCUT2D eigenvalue weighted by Gasteiger charge is 2.55. The van der Waals surface area contributed by atoms with Crippen LogP contribution in [0.15, 0.2) is 35.0 Å². The molecule has 2 aromatic heterocycles. The Morgan fingerprint density at radius 2 is 2.03 bits per heavy atom. The van der Waals surface area contributed by atoms with E-state index in [1.807, 2.05) is 19.1 Å². The molecule has 2 aliphatic rings. The maximum atomic E-state index is 13.7. The summed E-state index contributed by atoms with van der Waals surface area (Å²) in [5.74, 6) is 0.685. The smallest absolute Gasteiger partial charge is 0.325 e. The second kappa shape index (κ2) is 9.95. The zero-order chi connectivity index (χ0) is 24.3. The van der Waals surface area contributed by atoms with Gasteiger partial charge in [0.25, 0.3) is 11.8 Å². The van der Waals surface area contributed by atoms with Crippen molar-refractivity contribution in [2.45, 2.75) is 65.0 Å². The number of nitrogens with one attached hydrogen (secondary N) is 1. The first-order valence-electron chi connectivity index (χ1n) is 12.1. The second-order valence-corrected chi connectivity index (χ2v) is 9.64. The summed E-state index contributed by atoms with van der Waals surface area (Å²) in [5.41, 5.74) is 0.0379. The molecule has 0 unspecified atom stereocenters. The Balaban J connectivity index is 1.49. The Labute approximate surface area is 199 Å². The number of carbonyl (C=O) groups excluding carboxylic acids is 3. The average Bonchev–Trinajstić information content (AvgIpc) is 3.42. The largest absolute Gasteiger partial charge is 0.361 e. The van der Waals surface area contributed by atoms with E-state index in [0.717, 1.165) is 6.42 Å². The van der Waals surface area contributed by atoms with Gasteiger partial charge in [-0.1, -0.05) is 32.0 Å². The van der Waals surface area contributed by atoms with Gasteiger partial charge in [0.15, 0.2) is 5.69 Å². The fourth-order valence-electron chi connectivity index (χ4n) is 4.93. The van der Waals surface area contributed by atoms with E-state index in [4.69, 9.17) is 4.52 Å². The van der Waals surface area contributed by atoms with Crippen LogP contribution in [0.3, 0.4) is 0 Å². The third-order valence-electron chi connectivity index (χ3n) is 6.97. The topological polar surface area (TPSA) is 109 Å². The van der Waals surface area contributed by atoms with Crippen LogP contribution >= 0.6 is 0 Å². The van der Waals surface area contributed by atoms with Gasteiger partial charge in [0.2, 0.25) is 0 Å². The van der Waals surface area contributed by atoms with Gasteiger partial charge < -0.3 is 14.7 Å². The van der Waals surface area contributed by atoms with Crippen LogP contribution < -0.4 is 5.32 Å². The van der Waals surface area contributed by atoms with Gasteiger partial charge in [-0.05, 0) is 49.7 Å². The van der Waals surface area contributed by atoms with Crippen molar-refractivity contribution in [1.82, 2.24) is 25.3 Å². The number of hydrogen-bond acceptors (Lipinski definition) is 6. The van der Waals surface area contributed by atoms with Crippen LogP contribution in [0.4, 0.5) is 4.79 Å². The van der Waals surface area contributed by atoms with Crippen molar-refractivity contribution < 1.29 is 18.9 Å². The van der Waals surface area contributed by atoms with E-state index in [-0.39, 0.29) is 30.3 Å². The number of pyridine rings is 1. The van der Waals surface area contributed by atoms with Gasteiger partial charge in [0.05, 0.1) is 12.2 Å².